The third kappa shape index (κ3) is 1.68. The van der Waals surface area contributed by atoms with Crippen LogP contribution in [0.1, 0.15) is 0 Å². The van der Waals surface area contributed by atoms with Crippen LogP contribution < -0.4 is 4.74 Å². The number of aromatic nitrogens is 1. The van der Waals surface area contributed by atoms with E-state index in [9.17, 15) is 0 Å². The molecule has 0 saturated carbocycles. The predicted octanol–water partition coefficient (Wildman–Crippen LogP) is 3.25. The van der Waals surface area contributed by atoms with Crippen LogP contribution in [0.4, 0.5) is 0 Å². The summed E-state index contributed by atoms with van der Waals surface area (Å²) >= 11 is 3.41. The fraction of sp³-hybridized carbons (Fsp3) is 0.0909. The standard InChI is InChI=1S/C11H10BrNO/c1-14-11-8-9(12)4-5-10(11)13-6-2-3-7-13/h2-8H,1H3. The van der Waals surface area contributed by atoms with Gasteiger partial charge < -0.3 is 9.30 Å². The van der Waals surface area contributed by atoms with Gasteiger partial charge >= 0.3 is 0 Å². The van der Waals surface area contributed by atoms with Crippen molar-refractivity contribution in [1.29, 1.82) is 0 Å². The highest BCUT2D eigenvalue weighted by atomic mass is 79.9. The summed E-state index contributed by atoms with van der Waals surface area (Å²) in [4.78, 5) is 0. The molecule has 0 aliphatic rings. The van der Waals surface area contributed by atoms with E-state index in [4.69, 9.17) is 4.74 Å². The molecule has 0 aliphatic heterocycles. The molecular formula is C11H10BrNO. The second-order valence-electron chi connectivity index (χ2n) is 2.91. The van der Waals surface area contributed by atoms with Crippen molar-refractivity contribution in [3.63, 3.8) is 0 Å². The van der Waals surface area contributed by atoms with Gasteiger partial charge in [-0.1, -0.05) is 15.9 Å². The first-order valence-corrected chi connectivity index (χ1v) is 5.07. The van der Waals surface area contributed by atoms with Gasteiger partial charge in [-0.15, -0.1) is 0 Å². The van der Waals surface area contributed by atoms with Crippen molar-refractivity contribution in [2.45, 2.75) is 0 Å². The fourth-order valence-corrected chi connectivity index (χ4v) is 1.70. The highest BCUT2D eigenvalue weighted by Crippen LogP contribution is 2.26. The minimum atomic E-state index is 0.857. The van der Waals surface area contributed by atoms with Gasteiger partial charge in [0.15, 0.2) is 0 Å². The van der Waals surface area contributed by atoms with Gasteiger partial charge in [0.2, 0.25) is 0 Å². The molecule has 0 saturated heterocycles. The van der Waals surface area contributed by atoms with Gasteiger partial charge in [0.25, 0.3) is 0 Å². The first-order valence-electron chi connectivity index (χ1n) is 4.28. The topological polar surface area (TPSA) is 14.2 Å². The molecule has 2 nitrogen and oxygen atoms in total. The lowest BCUT2D eigenvalue weighted by atomic mass is 10.3. The molecule has 1 heterocycles. The molecule has 0 fully saturated rings. The molecule has 0 radical (unpaired) electrons. The zero-order valence-corrected chi connectivity index (χ0v) is 9.36. The van der Waals surface area contributed by atoms with Crippen LogP contribution in [0.25, 0.3) is 5.69 Å². The van der Waals surface area contributed by atoms with E-state index in [2.05, 4.69) is 15.9 Å². The summed E-state index contributed by atoms with van der Waals surface area (Å²) in [6.45, 7) is 0. The third-order valence-corrected chi connectivity index (χ3v) is 2.52. The van der Waals surface area contributed by atoms with Gasteiger partial charge in [0, 0.05) is 16.9 Å². The highest BCUT2D eigenvalue weighted by Gasteiger charge is 2.03. The molecule has 0 unspecified atom stereocenters. The number of halogens is 1. The lowest BCUT2D eigenvalue weighted by Gasteiger charge is -2.09. The molecule has 0 atom stereocenters. The number of rotatable bonds is 2. The van der Waals surface area contributed by atoms with Crippen LogP contribution >= 0.6 is 15.9 Å². The lowest BCUT2D eigenvalue weighted by Crippen LogP contribution is -1.94. The van der Waals surface area contributed by atoms with Gasteiger partial charge in [0.05, 0.1) is 12.8 Å². The van der Waals surface area contributed by atoms with E-state index >= 15 is 0 Å². The van der Waals surface area contributed by atoms with E-state index in [1.807, 2.05) is 47.3 Å². The summed E-state index contributed by atoms with van der Waals surface area (Å²) in [6, 6.07) is 9.94. The Kier molecular flexibility index (Phi) is 2.59. The Bertz CT molecular complexity index is 423. The number of hydrogen-bond donors (Lipinski definition) is 0. The smallest absolute Gasteiger partial charge is 0.143 e. The number of benzene rings is 1. The molecule has 1 aromatic carbocycles. The van der Waals surface area contributed by atoms with E-state index in [-0.39, 0.29) is 0 Å². The van der Waals surface area contributed by atoms with Gasteiger partial charge in [-0.2, -0.15) is 0 Å². The quantitative estimate of drug-likeness (QED) is 0.800. The van der Waals surface area contributed by atoms with Gasteiger partial charge in [0.1, 0.15) is 5.75 Å². The summed E-state index contributed by atoms with van der Waals surface area (Å²) < 4.78 is 8.34. The van der Waals surface area contributed by atoms with Gasteiger partial charge in [-0.3, -0.25) is 0 Å². The molecule has 3 heteroatoms. The molecule has 2 rings (SSSR count). The molecule has 2 aromatic rings. The van der Waals surface area contributed by atoms with Crippen LogP contribution in [0.3, 0.4) is 0 Å². The van der Waals surface area contributed by atoms with Crippen molar-refractivity contribution in [2.24, 2.45) is 0 Å². The summed E-state index contributed by atoms with van der Waals surface area (Å²) in [5.74, 6) is 0.857. The van der Waals surface area contributed by atoms with E-state index in [1.165, 1.54) is 0 Å². The van der Waals surface area contributed by atoms with Crippen LogP contribution in [-0.4, -0.2) is 11.7 Å². The summed E-state index contributed by atoms with van der Waals surface area (Å²) in [7, 11) is 1.68. The maximum absolute atomic E-state index is 5.30. The molecular weight excluding hydrogens is 242 g/mol. The Morgan fingerprint density at radius 2 is 1.93 bits per heavy atom. The van der Waals surface area contributed by atoms with Gasteiger partial charge in [-0.05, 0) is 30.3 Å². The fourth-order valence-electron chi connectivity index (χ4n) is 1.36. The van der Waals surface area contributed by atoms with Crippen LogP contribution in [0.5, 0.6) is 5.75 Å². The monoisotopic (exact) mass is 251 g/mol. The molecule has 1 aromatic heterocycles. The maximum atomic E-state index is 5.30. The second-order valence-corrected chi connectivity index (χ2v) is 3.82. The minimum Gasteiger partial charge on any atom is -0.495 e. The van der Waals surface area contributed by atoms with Crippen molar-refractivity contribution >= 4 is 15.9 Å². The van der Waals surface area contributed by atoms with Crippen molar-refractivity contribution in [2.75, 3.05) is 7.11 Å². The van der Waals surface area contributed by atoms with E-state index < -0.39 is 0 Å². The highest BCUT2D eigenvalue weighted by molar-refractivity contribution is 9.10. The Morgan fingerprint density at radius 3 is 2.57 bits per heavy atom. The Morgan fingerprint density at radius 1 is 1.21 bits per heavy atom. The van der Waals surface area contributed by atoms with E-state index in [0.717, 1.165) is 15.9 Å². The molecule has 0 aliphatic carbocycles. The number of ether oxygens (including phenoxy) is 1. The molecule has 0 amide bonds. The molecule has 14 heavy (non-hydrogen) atoms. The Balaban J connectivity index is 2.53. The van der Waals surface area contributed by atoms with Crippen LogP contribution in [0.15, 0.2) is 47.2 Å². The first-order chi connectivity index (χ1) is 6.81. The van der Waals surface area contributed by atoms with Crippen molar-refractivity contribution in [1.82, 2.24) is 4.57 Å². The van der Waals surface area contributed by atoms with Crippen molar-refractivity contribution < 1.29 is 4.74 Å². The molecule has 0 N–H and O–H groups in total. The van der Waals surface area contributed by atoms with Crippen molar-refractivity contribution in [3.8, 4) is 11.4 Å². The average molecular weight is 252 g/mol. The first kappa shape index (κ1) is 9.34. The lowest BCUT2D eigenvalue weighted by molar-refractivity contribution is 0.412. The number of methoxy groups -OCH3 is 1. The van der Waals surface area contributed by atoms with Crippen LogP contribution in [0, 0.1) is 0 Å². The van der Waals surface area contributed by atoms with Crippen molar-refractivity contribution in [3.05, 3.63) is 47.2 Å². The second kappa shape index (κ2) is 3.88. The SMILES string of the molecule is COc1cc(Br)ccc1-n1cccc1. The Hall–Kier alpha value is -1.22. The molecule has 0 spiro atoms. The zero-order valence-electron chi connectivity index (χ0n) is 7.77. The van der Waals surface area contributed by atoms with Gasteiger partial charge in [-0.25, -0.2) is 0 Å². The van der Waals surface area contributed by atoms with Crippen LogP contribution in [0.2, 0.25) is 0 Å². The maximum Gasteiger partial charge on any atom is 0.143 e. The zero-order chi connectivity index (χ0) is 9.97. The minimum absolute atomic E-state index is 0.857. The Labute approximate surface area is 91.3 Å². The largest absolute Gasteiger partial charge is 0.495 e. The third-order valence-electron chi connectivity index (χ3n) is 2.02. The average Bonchev–Trinajstić information content (AvgIpc) is 2.70. The molecule has 0 bridgehead atoms. The summed E-state index contributed by atoms with van der Waals surface area (Å²) in [6.07, 6.45) is 3.98. The van der Waals surface area contributed by atoms with E-state index in [0.29, 0.717) is 0 Å². The van der Waals surface area contributed by atoms with Crippen LogP contribution in [-0.2, 0) is 0 Å². The molecule has 72 valence electrons. The van der Waals surface area contributed by atoms with E-state index in [1.54, 1.807) is 7.11 Å². The summed E-state index contributed by atoms with van der Waals surface area (Å²) in [5, 5.41) is 0. The summed E-state index contributed by atoms with van der Waals surface area (Å²) in [5.41, 5.74) is 1.04. The number of nitrogens with zero attached hydrogens (tertiary/aromatic N) is 1. The normalized spacial score (nSPS) is 10.1. The predicted molar refractivity (Wildman–Crippen MR) is 60.0 cm³/mol. The number of hydrogen-bond acceptors (Lipinski definition) is 1.